The van der Waals surface area contributed by atoms with E-state index in [1.807, 2.05) is 30.3 Å². The third-order valence-corrected chi connectivity index (χ3v) is 2.85. The average molecular weight is 323 g/mol. The summed E-state index contributed by atoms with van der Waals surface area (Å²) in [6.45, 7) is 5.30. The summed E-state index contributed by atoms with van der Waals surface area (Å²) in [5.41, 5.74) is 0.205. The van der Waals surface area contributed by atoms with Crippen LogP contribution < -0.4 is 5.32 Å². The van der Waals surface area contributed by atoms with Crippen molar-refractivity contribution in [2.45, 2.75) is 51.9 Å². The molecule has 0 heterocycles. The number of aliphatic hydroxyl groups excluding tert-OH is 1. The quantitative estimate of drug-likeness (QED) is 0.753. The minimum absolute atomic E-state index is 0.0694. The highest BCUT2D eigenvalue weighted by atomic mass is 16.6. The van der Waals surface area contributed by atoms with Gasteiger partial charge in [0.1, 0.15) is 18.2 Å². The van der Waals surface area contributed by atoms with Gasteiger partial charge in [-0.3, -0.25) is 0 Å². The Morgan fingerprint density at radius 2 is 1.87 bits per heavy atom. The third kappa shape index (κ3) is 8.21. The molecule has 0 saturated carbocycles. The fourth-order valence-corrected chi connectivity index (χ4v) is 1.82. The van der Waals surface area contributed by atoms with Gasteiger partial charge in [-0.25, -0.2) is 9.59 Å². The number of nitrogens with one attached hydrogen (secondary N) is 1. The van der Waals surface area contributed by atoms with Crippen LogP contribution in [0.2, 0.25) is 0 Å². The molecule has 6 heteroatoms. The first kappa shape index (κ1) is 19.0. The standard InChI is InChI=1S/C17H25NO5/c1-17(2,3)23-15(20)14(10-7-11-19)18-16(21)22-12-13-8-5-4-6-9-13/h4-6,8-9,14,19H,7,10-12H2,1-3H3,(H,18,21). The van der Waals surface area contributed by atoms with Gasteiger partial charge >= 0.3 is 12.1 Å². The number of alkyl carbamates (subject to hydrolysis) is 1. The first-order valence-corrected chi connectivity index (χ1v) is 7.63. The van der Waals surface area contributed by atoms with Crippen molar-refractivity contribution in [2.75, 3.05) is 6.61 Å². The molecular formula is C17H25NO5. The first-order valence-electron chi connectivity index (χ1n) is 7.63. The number of benzene rings is 1. The number of ether oxygens (including phenoxy) is 2. The van der Waals surface area contributed by atoms with E-state index < -0.39 is 23.7 Å². The number of carbonyl (C=O) groups is 2. The second-order valence-electron chi connectivity index (χ2n) is 6.16. The van der Waals surface area contributed by atoms with Gasteiger partial charge in [0.2, 0.25) is 0 Å². The average Bonchev–Trinajstić information content (AvgIpc) is 2.48. The van der Waals surface area contributed by atoms with Crippen LogP contribution in [-0.4, -0.2) is 35.4 Å². The van der Waals surface area contributed by atoms with Crippen molar-refractivity contribution >= 4 is 12.1 Å². The number of hydrogen-bond donors (Lipinski definition) is 2. The van der Waals surface area contributed by atoms with Gasteiger partial charge in [-0.15, -0.1) is 0 Å². The molecule has 0 aromatic heterocycles. The van der Waals surface area contributed by atoms with Gasteiger partial charge in [0, 0.05) is 6.61 Å². The first-order chi connectivity index (χ1) is 10.8. The lowest BCUT2D eigenvalue weighted by Gasteiger charge is -2.24. The zero-order valence-corrected chi connectivity index (χ0v) is 13.9. The van der Waals surface area contributed by atoms with Crippen molar-refractivity contribution in [1.29, 1.82) is 0 Å². The predicted molar refractivity (Wildman–Crippen MR) is 85.7 cm³/mol. The van der Waals surface area contributed by atoms with Gasteiger partial charge in [0.15, 0.2) is 0 Å². The molecule has 128 valence electrons. The number of carbonyl (C=O) groups excluding carboxylic acids is 2. The molecule has 1 atom stereocenters. The van der Waals surface area contributed by atoms with E-state index in [1.165, 1.54) is 0 Å². The highest BCUT2D eigenvalue weighted by molar-refractivity contribution is 5.81. The zero-order valence-electron chi connectivity index (χ0n) is 13.9. The normalized spacial score (nSPS) is 12.3. The van der Waals surface area contributed by atoms with E-state index in [9.17, 15) is 9.59 Å². The number of aliphatic hydroxyl groups is 1. The second kappa shape index (κ2) is 9.15. The van der Waals surface area contributed by atoms with Crippen molar-refractivity contribution in [3.05, 3.63) is 35.9 Å². The summed E-state index contributed by atoms with van der Waals surface area (Å²) >= 11 is 0. The lowest BCUT2D eigenvalue weighted by Crippen LogP contribution is -2.44. The van der Waals surface area contributed by atoms with Gasteiger partial charge in [-0.05, 0) is 39.2 Å². The Bertz CT molecular complexity index is 495. The van der Waals surface area contributed by atoms with Crippen LogP contribution in [0.4, 0.5) is 4.79 Å². The van der Waals surface area contributed by atoms with Gasteiger partial charge in [0.05, 0.1) is 0 Å². The Hall–Kier alpha value is -2.08. The van der Waals surface area contributed by atoms with Gasteiger partial charge in [-0.2, -0.15) is 0 Å². The summed E-state index contributed by atoms with van der Waals surface area (Å²) in [5.74, 6) is -0.539. The van der Waals surface area contributed by atoms with E-state index in [0.717, 1.165) is 5.56 Å². The van der Waals surface area contributed by atoms with Crippen LogP contribution >= 0.6 is 0 Å². The Morgan fingerprint density at radius 1 is 1.22 bits per heavy atom. The van der Waals surface area contributed by atoms with Crippen molar-refractivity contribution in [2.24, 2.45) is 0 Å². The van der Waals surface area contributed by atoms with Gasteiger partial charge in [-0.1, -0.05) is 30.3 Å². The summed E-state index contributed by atoms with van der Waals surface area (Å²) in [7, 11) is 0. The van der Waals surface area contributed by atoms with Crippen LogP contribution in [0.25, 0.3) is 0 Å². The molecule has 23 heavy (non-hydrogen) atoms. The van der Waals surface area contributed by atoms with Crippen LogP contribution in [0, 0.1) is 0 Å². The molecule has 1 unspecified atom stereocenters. The number of amides is 1. The monoisotopic (exact) mass is 323 g/mol. The predicted octanol–water partition coefficient (Wildman–Crippen LogP) is 2.40. The fraction of sp³-hybridized carbons (Fsp3) is 0.529. The Labute approximate surface area is 136 Å². The maximum Gasteiger partial charge on any atom is 0.408 e. The minimum Gasteiger partial charge on any atom is -0.458 e. The molecule has 0 fully saturated rings. The third-order valence-electron chi connectivity index (χ3n) is 2.85. The molecule has 0 spiro atoms. The lowest BCUT2D eigenvalue weighted by molar-refractivity contribution is -0.157. The Kier molecular flexibility index (Phi) is 7.54. The smallest absolute Gasteiger partial charge is 0.408 e. The molecule has 0 saturated heterocycles. The number of esters is 1. The summed E-state index contributed by atoms with van der Waals surface area (Å²) in [6.07, 6.45) is -0.0306. The fourth-order valence-electron chi connectivity index (χ4n) is 1.82. The molecule has 0 aliphatic carbocycles. The van der Waals surface area contributed by atoms with Crippen LogP contribution in [0.3, 0.4) is 0 Å². The molecular weight excluding hydrogens is 298 g/mol. The van der Waals surface area contributed by atoms with Gasteiger partial charge in [0.25, 0.3) is 0 Å². The molecule has 1 amide bonds. The Morgan fingerprint density at radius 3 is 2.43 bits per heavy atom. The van der Waals surface area contributed by atoms with E-state index in [4.69, 9.17) is 14.6 Å². The molecule has 6 nitrogen and oxygen atoms in total. The minimum atomic E-state index is -0.843. The summed E-state index contributed by atoms with van der Waals surface area (Å²) in [4.78, 5) is 24.0. The largest absolute Gasteiger partial charge is 0.458 e. The zero-order chi connectivity index (χ0) is 17.3. The molecule has 0 bridgehead atoms. The Balaban J connectivity index is 2.54. The SMILES string of the molecule is CC(C)(C)OC(=O)C(CCCO)NC(=O)OCc1ccccc1. The summed E-state index contributed by atoms with van der Waals surface area (Å²) < 4.78 is 10.4. The van der Waals surface area contributed by atoms with Crippen molar-refractivity contribution in [3.8, 4) is 0 Å². The molecule has 0 aliphatic heterocycles. The maximum absolute atomic E-state index is 12.1. The summed E-state index contributed by atoms with van der Waals surface area (Å²) in [5, 5.41) is 11.4. The molecule has 1 aromatic rings. The van der Waals surface area contributed by atoms with E-state index >= 15 is 0 Å². The summed E-state index contributed by atoms with van der Waals surface area (Å²) in [6, 6.07) is 8.40. The molecule has 1 rings (SSSR count). The van der Waals surface area contributed by atoms with Gasteiger partial charge < -0.3 is 19.9 Å². The van der Waals surface area contributed by atoms with Crippen LogP contribution in [0.15, 0.2) is 30.3 Å². The van der Waals surface area contributed by atoms with E-state index in [1.54, 1.807) is 20.8 Å². The van der Waals surface area contributed by atoms with Crippen LogP contribution in [-0.2, 0) is 20.9 Å². The van der Waals surface area contributed by atoms with Crippen LogP contribution in [0.1, 0.15) is 39.2 Å². The second-order valence-corrected chi connectivity index (χ2v) is 6.16. The highest BCUT2D eigenvalue weighted by Crippen LogP contribution is 2.11. The topological polar surface area (TPSA) is 84.9 Å². The van der Waals surface area contributed by atoms with Crippen molar-refractivity contribution in [1.82, 2.24) is 5.32 Å². The molecule has 1 aromatic carbocycles. The van der Waals surface area contributed by atoms with Crippen molar-refractivity contribution in [3.63, 3.8) is 0 Å². The molecule has 0 radical (unpaired) electrons. The van der Waals surface area contributed by atoms with E-state index in [-0.39, 0.29) is 19.6 Å². The highest BCUT2D eigenvalue weighted by Gasteiger charge is 2.26. The van der Waals surface area contributed by atoms with Crippen molar-refractivity contribution < 1.29 is 24.2 Å². The molecule has 2 N–H and O–H groups in total. The maximum atomic E-state index is 12.1. The van der Waals surface area contributed by atoms with E-state index in [2.05, 4.69) is 5.32 Å². The molecule has 0 aliphatic rings. The number of hydrogen-bond acceptors (Lipinski definition) is 5. The van der Waals surface area contributed by atoms with E-state index in [0.29, 0.717) is 6.42 Å². The number of rotatable bonds is 7. The lowest BCUT2D eigenvalue weighted by atomic mass is 10.1. The van der Waals surface area contributed by atoms with Crippen LogP contribution in [0.5, 0.6) is 0 Å².